The predicted molar refractivity (Wildman–Crippen MR) is 132 cm³/mol. The van der Waals surface area contributed by atoms with Gasteiger partial charge >= 0.3 is 6.09 Å². The summed E-state index contributed by atoms with van der Waals surface area (Å²) < 4.78 is 5.39. The number of alkyl carbamates (subject to hydrolysis) is 1. The summed E-state index contributed by atoms with van der Waals surface area (Å²) in [6.45, 7) is 7.15. The third-order valence-corrected chi connectivity index (χ3v) is 6.47. The highest BCUT2D eigenvalue weighted by molar-refractivity contribution is 7.99. The quantitative estimate of drug-likeness (QED) is 0.259. The van der Waals surface area contributed by atoms with Gasteiger partial charge in [-0.1, -0.05) is 42.8 Å². The Morgan fingerprint density at radius 2 is 1.94 bits per heavy atom. The fourth-order valence-electron chi connectivity index (χ4n) is 3.47. The lowest BCUT2D eigenvalue weighted by Crippen LogP contribution is -2.53. The number of nitriles is 1. The molecule has 0 aliphatic rings. The van der Waals surface area contributed by atoms with Crippen molar-refractivity contribution in [3.63, 3.8) is 0 Å². The largest absolute Gasteiger partial charge is 0.444 e. The number of rotatable bonds is 10. The number of ether oxygens (including phenoxy) is 1. The van der Waals surface area contributed by atoms with Crippen molar-refractivity contribution in [2.24, 2.45) is 0 Å². The van der Waals surface area contributed by atoms with Gasteiger partial charge in [0.15, 0.2) is 5.75 Å². The van der Waals surface area contributed by atoms with Crippen LogP contribution in [0.5, 0.6) is 5.75 Å². The van der Waals surface area contributed by atoms with Crippen molar-refractivity contribution in [1.29, 1.82) is 5.26 Å². The predicted octanol–water partition coefficient (Wildman–Crippen LogP) is 6.20. The average Bonchev–Trinajstić information content (AvgIpc) is 2.77. The van der Waals surface area contributed by atoms with Crippen LogP contribution in [0, 0.1) is 11.3 Å². The molecule has 0 saturated carbocycles. The van der Waals surface area contributed by atoms with Gasteiger partial charge < -0.3 is 20.0 Å². The summed E-state index contributed by atoms with van der Waals surface area (Å²) in [6, 6.07) is 12.3. The number of carbonyl (C=O) groups is 1. The second-order valence-electron chi connectivity index (χ2n) is 9.04. The first kappa shape index (κ1) is 27.8. The number of nitrogens with zero attached hydrogens (tertiary/aromatic N) is 1. The Hall–Kier alpha value is -2.44. The second-order valence-corrected chi connectivity index (χ2v) is 10.6. The maximum absolute atomic E-state index is 12.4. The number of carbonyl (C=O) groups excluding carboxylic acids is 1. The highest BCUT2D eigenvalue weighted by atomic mass is 35.5. The number of aliphatic hydroxyl groups is 1. The van der Waals surface area contributed by atoms with Gasteiger partial charge in [-0.15, -0.1) is 0 Å². The zero-order valence-corrected chi connectivity index (χ0v) is 21.4. The normalized spacial score (nSPS) is 13.0. The molecule has 0 aromatic heterocycles. The lowest BCUT2D eigenvalue weighted by molar-refractivity contribution is -0.140. The van der Waals surface area contributed by atoms with Gasteiger partial charge in [0.25, 0.3) is 0 Å². The minimum Gasteiger partial charge on any atom is -0.444 e. The molecule has 7 nitrogen and oxygen atoms in total. The molecule has 34 heavy (non-hydrogen) atoms. The number of halogens is 1. The van der Waals surface area contributed by atoms with Crippen LogP contribution in [-0.2, 0) is 11.2 Å². The molecule has 2 rings (SSSR count). The third-order valence-electron chi connectivity index (χ3n) is 5.09. The lowest BCUT2D eigenvalue weighted by atomic mass is 9.87. The van der Waals surface area contributed by atoms with E-state index in [2.05, 4.69) is 16.3 Å². The van der Waals surface area contributed by atoms with Gasteiger partial charge in [-0.25, -0.2) is 10.1 Å². The van der Waals surface area contributed by atoms with E-state index in [-0.39, 0.29) is 12.4 Å². The van der Waals surface area contributed by atoms with Crippen LogP contribution in [0.3, 0.4) is 0 Å². The van der Waals surface area contributed by atoms with Crippen LogP contribution in [0.1, 0.15) is 58.1 Å². The Morgan fingerprint density at radius 3 is 2.50 bits per heavy atom. The molecule has 0 radical (unpaired) electrons. The molecule has 0 aliphatic heterocycles. The van der Waals surface area contributed by atoms with Crippen LogP contribution >= 0.6 is 23.4 Å². The van der Waals surface area contributed by atoms with E-state index in [1.807, 2.05) is 19.1 Å². The van der Waals surface area contributed by atoms with E-state index in [0.29, 0.717) is 34.7 Å². The zero-order chi connectivity index (χ0) is 25.4. The number of nitrogens with one attached hydrogen (secondary N) is 1. The van der Waals surface area contributed by atoms with Gasteiger partial charge in [0.2, 0.25) is 0 Å². The molecule has 1 atom stereocenters. The molecule has 2 aromatic rings. The number of aryl methyl sites for hydroxylation is 1. The Bertz CT molecular complexity index is 1030. The van der Waals surface area contributed by atoms with Crippen molar-refractivity contribution in [3.05, 3.63) is 52.5 Å². The van der Waals surface area contributed by atoms with Crippen molar-refractivity contribution in [3.8, 4) is 11.8 Å². The fraction of sp³-hybridized carbons (Fsp3) is 0.440. The highest BCUT2D eigenvalue weighted by Gasteiger charge is 2.32. The first-order valence-corrected chi connectivity index (χ1v) is 12.2. The van der Waals surface area contributed by atoms with Crippen molar-refractivity contribution in [1.82, 2.24) is 5.32 Å². The summed E-state index contributed by atoms with van der Waals surface area (Å²) in [6.07, 6.45) is 1.82. The topological polar surface area (TPSA) is 112 Å². The molecular formula is C25H31ClN2O5S. The van der Waals surface area contributed by atoms with Crippen LogP contribution in [0.15, 0.2) is 46.2 Å². The monoisotopic (exact) mass is 506 g/mol. The molecule has 0 heterocycles. The van der Waals surface area contributed by atoms with Gasteiger partial charge in [0.05, 0.1) is 28.7 Å². The molecule has 2 aromatic carbocycles. The maximum Gasteiger partial charge on any atom is 0.408 e. The summed E-state index contributed by atoms with van der Waals surface area (Å²) in [4.78, 5) is 18.2. The summed E-state index contributed by atoms with van der Waals surface area (Å²) >= 11 is 7.86. The number of hydrogen-bond donors (Lipinski definition) is 3. The van der Waals surface area contributed by atoms with E-state index in [4.69, 9.17) is 26.9 Å². The third kappa shape index (κ3) is 8.10. The molecule has 0 bridgehead atoms. The van der Waals surface area contributed by atoms with Crippen molar-refractivity contribution >= 4 is 29.5 Å². The summed E-state index contributed by atoms with van der Waals surface area (Å²) in [5, 5.41) is 31.8. The van der Waals surface area contributed by atoms with Crippen molar-refractivity contribution in [2.45, 2.75) is 74.3 Å². The molecule has 0 fully saturated rings. The van der Waals surface area contributed by atoms with Crippen molar-refractivity contribution < 1.29 is 24.8 Å². The highest BCUT2D eigenvalue weighted by Crippen LogP contribution is 2.37. The lowest BCUT2D eigenvalue weighted by Gasteiger charge is -2.34. The van der Waals surface area contributed by atoms with Gasteiger partial charge in [-0.2, -0.15) is 5.26 Å². The SMILES string of the molecule is CCC[C@@](CO)(CCc1ccc(Sc2cc(C#N)ccc2OO)cc1Cl)NC(=O)OC(C)(C)C. The Balaban J connectivity index is 2.16. The smallest absolute Gasteiger partial charge is 0.408 e. The first-order chi connectivity index (χ1) is 16.0. The number of aliphatic hydroxyl groups excluding tert-OH is 1. The summed E-state index contributed by atoms with van der Waals surface area (Å²) in [5.74, 6) is 0.240. The van der Waals surface area contributed by atoms with E-state index < -0.39 is 17.2 Å². The number of hydrogen-bond acceptors (Lipinski definition) is 7. The minimum atomic E-state index is -0.821. The summed E-state index contributed by atoms with van der Waals surface area (Å²) in [7, 11) is 0. The first-order valence-electron chi connectivity index (χ1n) is 11.0. The molecule has 0 spiro atoms. The zero-order valence-electron chi connectivity index (χ0n) is 19.9. The number of amides is 1. The maximum atomic E-state index is 12.4. The molecular weight excluding hydrogens is 476 g/mol. The Morgan fingerprint density at radius 1 is 1.21 bits per heavy atom. The van der Waals surface area contributed by atoms with E-state index in [0.717, 1.165) is 16.9 Å². The fourth-order valence-corrected chi connectivity index (χ4v) is 4.77. The van der Waals surface area contributed by atoms with Crippen molar-refractivity contribution in [2.75, 3.05) is 6.61 Å². The average molecular weight is 507 g/mol. The van der Waals surface area contributed by atoms with E-state index >= 15 is 0 Å². The van der Waals surface area contributed by atoms with Gasteiger partial charge in [-0.3, -0.25) is 0 Å². The van der Waals surface area contributed by atoms with E-state index in [9.17, 15) is 9.90 Å². The minimum absolute atomic E-state index is 0.217. The molecule has 0 aliphatic carbocycles. The Kier molecular flexibility index (Phi) is 10.1. The second kappa shape index (κ2) is 12.3. The number of benzene rings is 2. The van der Waals surface area contributed by atoms with Crippen LogP contribution < -0.4 is 10.2 Å². The Labute approximate surface area is 210 Å². The van der Waals surface area contributed by atoms with E-state index in [1.165, 1.54) is 17.8 Å². The van der Waals surface area contributed by atoms with Crippen LogP contribution in [0.4, 0.5) is 4.79 Å². The van der Waals surface area contributed by atoms with Gasteiger partial charge in [0, 0.05) is 9.92 Å². The summed E-state index contributed by atoms with van der Waals surface area (Å²) in [5.41, 5.74) is -0.142. The van der Waals surface area contributed by atoms with Gasteiger partial charge in [0.1, 0.15) is 5.60 Å². The molecule has 9 heteroatoms. The van der Waals surface area contributed by atoms with Crippen LogP contribution in [0.25, 0.3) is 0 Å². The standard InChI is InChI=1S/C25H31ClN2O5S/c1-5-11-25(16-29,28-23(30)32-24(2,3)4)12-10-18-7-8-19(14-20(18)26)34-22-13-17(15-27)6-9-21(22)33-31/h6-9,13-14,29,31H,5,10-12,16H2,1-4H3,(H,28,30)/t25-/m0/s1. The van der Waals surface area contributed by atoms with Crippen LogP contribution in [-0.4, -0.2) is 34.2 Å². The molecule has 0 saturated heterocycles. The molecule has 3 N–H and O–H groups in total. The molecule has 1 amide bonds. The molecule has 0 unspecified atom stereocenters. The van der Waals surface area contributed by atoms with Crippen LogP contribution in [0.2, 0.25) is 5.02 Å². The molecule has 184 valence electrons. The van der Waals surface area contributed by atoms with E-state index in [1.54, 1.807) is 39.0 Å². The van der Waals surface area contributed by atoms with Gasteiger partial charge in [-0.05, 0) is 75.9 Å².